The second-order valence-corrected chi connectivity index (χ2v) is 3.78. The van der Waals surface area contributed by atoms with Crippen LogP contribution in [0.2, 0.25) is 0 Å². The number of carbonyl (C=O) groups excluding carboxylic acids is 1. The molecule has 4 N–H and O–H groups in total. The van der Waals surface area contributed by atoms with E-state index in [1.807, 2.05) is 13.0 Å². The van der Waals surface area contributed by atoms with Crippen molar-refractivity contribution in [1.29, 1.82) is 0 Å². The number of ether oxygens (including phenoxy) is 2. The van der Waals surface area contributed by atoms with Crippen LogP contribution in [0.1, 0.15) is 17.2 Å². The number of hydrazine groups is 1. The molecule has 0 aliphatic rings. The van der Waals surface area contributed by atoms with Crippen molar-refractivity contribution in [3.8, 4) is 11.5 Å². The van der Waals surface area contributed by atoms with E-state index in [1.165, 1.54) is 7.11 Å². The smallest absolute Gasteiger partial charge is 0.255 e. The molecule has 1 rings (SSSR count). The Hall–Kier alpha value is -1.79. The highest BCUT2D eigenvalue weighted by molar-refractivity contribution is 5.84. The van der Waals surface area contributed by atoms with Crippen LogP contribution < -0.4 is 26.1 Å². The molecule has 1 aromatic rings. The zero-order valence-corrected chi connectivity index (χ0v) is 11.0. The topological polar surface area (TPSA) is 85.6 Å². The van der Waals surface area contributed by atoms with Gasteiger partial charge in [0.15, 0.2) is 0 Å². The standard InChI is InChI=1S/C12H19N3O3/c1-7-5-8(17-3)6-9(18-4)10(7)11(13)12(16)15-14-2/h5-6,11,14H,13H2,1-4H3,(H,15,16). The third-order valence-electron chi connectivity index (χ3n) is 2.62. The highest BCUT2D eigenvalue weighted by Crippen LogP contribution is 2.32. The summed E-state index contributed by atoms with van der Waals surface area (Å²) in [5.41, 5.74) is 12.4. The van der Waals surface area contributed by atoms with Gasteiger partial charge in [-0.2, -0.15) is 0 Å². The zero-order chi connectivity index (χ0) is 13.7. The SMILES string of the molecule is CNNC(=O)C(N)c1c(C)cc(OC)cc1OC. The molecule has 0 saturated heterocycles. The number of amides is 1. The average molecular weight is 253 g/mol. The molecule has 18 heavy (non-hydrogen) atoms. The zero-order valence-electron chi connectivity index (χ0n) is 11.0. The maximum absolute atomic E-state index is 11.7. The molecule has 0 aromatic heterocycles. The lowest BCUT2D eigenvalue weighted by atomic mass is 9.99. The largest absolute Gasteiger partial charge is 0.497 e. The minimum absolute atomic E-state index is 0.330. The fourth-order valence-electron chi connectivity index (χ4n) is 1.75. The molecule has 0 aliphatic carbocycles. The highest BCUT2D eigenvalue weighted by atomic mass is 16.5. The molecule has 0 fully saturated rings. The van der Waals surface area contributed by atoms with Crippen LogP contribution in [-0.4, -0.2) is 27.2 Å². The summed E-state index contributed by atoms with van der Waals surface area (Å²) < 4.78 is 10.4. The van der Waals surface area contributed by atoms with Crippen LogP contribution in [0.5, 0.6) is 11.5 Å². The normalized spacial score (nSPS) is 11.8. The lowest BCUT2D eigenvalue weighted by molar-refractivity contribution is -0.123. The number of benzene rings is 1. The van der Waals surface area contributed by atoms with Crippen LogP contribution in [-0.2, 0) is 4.79 Å². The van der Waals surface area contributed by atoms with Gasteiger partial charge in [0.1, 0.15) is 17.5 Å². The molecule has 6 nitrogen and oxygen atoms in total. The van der Waals surface area contributed by atoms with Gasteiger partial charge < -0.3 is 15.2 Å². The van der Waals surface area contributed by atoms with Gasteiger partial charge in [-0.25, -0.2) is 5.43 Å². The summed E-state index contributed by atoms with van der Waals surface area (Å²) in [5, 5.41) is 0. The number of methoxy groups -OCH3 is 2. The summed E-state index contributed by atoms with van der Waals surface area (Å²) in [4.78, 5) is 11.7. The molecule has 0 radical (unpaired) electrons. The summed E-state index contributed by atoms with van der Waals surface area (Å²) in [5.74, 6) is 0.865. The maximum Gasteiger partial charge on any atom is 0.255 e. The summed E-state index contributed by atoms with van der Waals surface area (Å²) in [6, 6.07) is 2.71. The van der Waals surface area contributed by atoms with Crippen molar-refractivity contribution in [3.63, 3.8) is 0 Å². The van der Waals surface area contributed by atoms with E-state index in [0.717, 1.165) is 5.56 Å². The first-order valence-electron chi connectivity index (χ1n) is 5.49. The van der Waals surface area contributed by atoms with Gasteiger partial charge in [0.05, 0.1) is 14.2 Å². The number of hydrogen-bond donors (Lipinski definition) is 3. The van der Waals surface area contributed by atoms with E-state index in [9.17, 15) is 4.79 Å². The molecule has 1 aromatic carbocycles. The molecule has 100 valence electrons. The van der Waals surface area contributed by atoms with E-state index in [1.54, 1.807) is 20.2 Å². The minimum atomic E-state index is -0.807. The number of nitrogens with one attached hydrogen (secondary N) is 2. The first-order valence-corrected chi connectivity index (χ1v) is 5.49. The van der Waals surface area contributed by atoms with Gasteiger partial charge in [-0.1, -0.05) is 0 Å². The summed E-state index contributed by atoms with van der Waals surface area (Å²) >= 11 is 0. The van der Waals surface area contributed by atoms with Gasteiger partial charge in [-0.15, -0.1) is 0 Å². The molecule has 0 bridgehead atoms. The highest BCUT2D eigenvalue weighted by Gasteiger charge is 2.22. The Kier molecular flexibility index (Phi) is 4.94. The second-order valence-electron chi connectivity index (χ2n) is 3.78. The van der Waals surface area contributed by atoms with Gasteiger partial charge in [-0.05, 0) is 18.6 Å². The van der Waals surface area contributed by atoms with E-state index in [4.69, 9.17) is 15.2 Å². The van der Waals surface area contributed by atoms with Crippen molar-refractivity contribution in [2.24, 2.45) is 5.73 Å². The Balaban J connectivity index is 3.18. The van der Waals surface area contributed by atoms with E-state index >= 15 is 0 Å². The predicted octanol–water partition coefficient (Wildman–Crippen LogP) is 0.263. The molecule has 0 heterocycles. The molecule has 0 saturated carbocycles. The molecule has 0 aliphatic heterocycles. The lowest BCUT2D eigenvalue weighted by Crippen LogP contribution is -2.41. The summed E-state index contributed by atoms with van der Waals surface area (Å²) in [6.45, 7) is 1.85. The Labute approximate surface area is 106 Å². The predicted molar refractivity (Wildman–Crippen MR) is 68.4 cm³/mol. The molecular weight excluding hydrogens is 234 g/mol. The second kappa shape index (κ2) is 6.23. The monoisotopic (exact) mass is 253 g/mol. The van der Waals surface area contributed by atoms with Crippen LogP contribution >= 0.6 is 0 Å². The van der Waals surface area contributed by atoms with Crippen molar-refractivity contribution in [2.45, 2.75) is 13.0 Å². The van der Waals surface area contributed by atoms with Crippen LogP contribution in [0.3, 0.4) is 0 Å². The number of hydrogen-bond acceptors (Lipinski definition) is 5. The Morgan fingerprint density at radius 1 is 1.33 bits per heavy atom. The van der Waals surface area contributed by atoms with E-state index < -0.39 is 6.04 Å². The number of nitrogens with two attached hydrogens (primary N) is 1. The van der Waals surface area contributed by atoms with Crippen molar-refractivity contribution in [2.75, 3.05) is 21.3 Å². The first kappa shape index (κ1) is 14.3. The number of aryl methyl sites for hydroxylation is 1. The van der Waals surface area contributed by atoms with Crippen LogP contribution in [0.25, 0.3) is 0 Å². The van der Waals surface area contributed by atoms with Crippen molar-refractivity contribution in [1.82, 2.24) is 10.9 Å². The summed E-state index contributed by atoms with van der Waals surface area (Å²) in [6.07, 6.45) is 0. The van der Waals surface area contributed by atoms with Crippen molar-refractivity contribution < 1.29 is 14.3 Å². The number of rotatable bonds is 5. The molecule has 1 amide bonds. The van der Waals surface area contributed by atoms with Gasteiger partial charge in [0, 0.05) is 18.7 Å². The van der Waals surface area contributed by atoms with E-state index in [-0.39, 0.29) is 5.91 Å². The maximum atomic E-state index is 11.7. The molecule has 0 spiro atoms. The fourth-order valence-corrected chi connectivity index (χ4v) is 1.75. The van der Waals surface area contributed by atoms with Gasteiger partial charge in [0.2, 0.25) is 0 Å². The van der Waals surface area contributed by atoms with Gasteiger partial charge in [-0.3, -0.25) is 10.2 Å². The van der Waals surface area contributed by atoms with Gasteiger partial charge in [0.25, 0.3) is 5.91 Å². The Morgan fingerprint density at radius 2 is 2.00 bits per heavy atom. The van der Waals surface area contributed by atoms with Crippen molar-refractivity contribution in [3.05, 3.63) is 23.3 Å². The Bertz CT molecular complexity index is 435. The molecular formula is C12H19N3O3. The fraction of sp³-hybridized carbons (Fsp3) is 0.417. The molecule has 1 atom stereocenters. The minimum Gasteiger partial charge on any atom is -0.497 e. The first-order chi connectivity index (χ1) is 8.54. The summed E-state index contributed by atoms with van der Waals surface area (Å²) in [7, 11) is 4.70. The Morgan fingerprint density at radius 3 is 2.50 bits per heavy atom. The van der Waals surface area contributed by atoms with Gasteiger partial charge >= 0.3 is 0 Å². The molecule has 6 heteroatoms. The quantitative estimate of drug-likeness (QED) is 0.655. The van der Waals surface area contributed by atoms with Crippen molar-refractivity contribution >= 4 is 5.91 Å². The third kappa shape index (κ3) is 2.91. The van der Waals surface area contributed by atoms with E-state index in [0.29, 0.717) is 17.1 Å². The van der Waals surface area contributed by atoms with Crippen LogP contribution in [0, 0.1) is 6.92 Å². The third-order valence-corrected chi connectivity index (χ3v) is 2.62. The van der Waals surface area contributed by atoms with Crippen LogP contribution in [0.4, 0.5) is 0 Å². The number of carbonyl (C=O) groups is 1. The average Bonchev–Trinajstić information content (AvgIpc) is 2.37. The van der Waals surface area contributed by atoms with E-state index in [2.05, 4.69) is 10.9 Å². The lowest BCUT2D eigenvalue weighted by Gasteiger charge is -2.18. The molecule has 1 unspecified atom stereocenters. The van der Waals surface area contributed by atoms with Crippen LogP contribution in [0.15, 0.2) is 12.1 Å².